The molecular weight excluding hydrogens is 475 g/mol. The fourth-order valence-electron chi connectivity index (χ4n) is 4.14. The van der Waals surface area contributed by atoms with Gasteiger partial charge in [0.1, 0.15) is 5.54 Å². The Morgan fingerprint density at radius 1 is 0.861 bits per heavy atom. The van der Waals surface area contributed by atoms with Crippen LogP contribution in [0, 0.1) is 5.92 Å². The topological polar surface area (TPSA) is 130 Å². The lowest BCUT2D eigenvalue weighted by atomic mass is 9.91. The molecule has 0 aromatic heterocycles. The molecule has 0 saturated carbocycles. The summed E-state index contributed by atoms with van der Waals surface area (Å²) in [5.74, 6) is -3.78. The lowest BCUT2D eigenvalue weighted by Gasteiger charge is -2.30. The Kier molecular flexibility index (Phi) is 9.21. The smallest absolute Gasteiger partial charge is 0.329 e. The highest BCUT2D eigenvalue weighted by atomic mass is 31.2. The third kappa shape index (κ3) is 7.62. The highest BCUT2D eigenvalue weighted by molar-refractivity contribution is 7.58. The zero-order chi connectivity index (χ0) is 26.2. The number of carbonyl (C=O) groups is 2. The van der Waals surface area contributed by atoms with Gasteiger partial charge in [0, 0.05) is 12.6 Å². The van der Waals surface area contributed by atoms with E-state index in [0.29, 0.717) is 0 Å². The largest absolute Gasteiger partial charge is 0.480 e. The number of rotatable bonds is 12. The number of nitrogens with one attached hydrogen (secondary N) is 1. The van der Waals surface area contributed by atoms with Gasteiger partial charge in [0.15, 0.2) is 0 Å². The SMILES string of the molecule is C[C@@](Cc1ccccc1)(NC(=O)[C@H](Cc1ccccc1)CP(=O)(O)[C@@H](N)Cc1ccccc1)C(=O)O. The average Bonchev–Trinajstić information content (AvgIpc) is 2.85. The number of hydrogen-bond donors (Lipinski definition) is 4. The van der Waals surface area contributed by atoms with Crippen LogP contribution in [0.5, 0.6) is 0 Å². The van der Waals surface area contributed by atoms with Crippen LogP contribution in [0.15, 0.2) is 91.0 Å². The minimum absolute atomic E-state index is 0.0667. The first-order chi connectivity index (χ1) is 17.1. The molecule has 0 saturated heterocycles. The Morgan fingerprint density at radius 3 is 1.78 bits per heavy atom. The van der Waals surface area contributed by atoms with E-state index >= 15 is 0 Å². The number of aliphatic carboxylic acids is 1. The summed E-state index contributed by atoms with van der Waals surface area (Å²) in [6, 6.07) is 27.3. The van der Waals surface area contributed by atoms with Gasteiger partial charge in [-0.25, -0.2) is 4.79 Å². The van der Waals surface area contributed by atoms with Crippen molar-refractivity contribution in [3.05, 3.63) is 108 Å². The van der Waals surface area contributed by atoms with Crippen LogP contribution >= 0.6 is 7.37 Å². The van der Waals surface area contributed by atoms with E-state index in [1.54, 1.807) is 24.3 Å². The van der Waals surface area contributed by atoms with Crippen molar-refractivity contribution in [2.45, 2.75) is 37.5 Å². The molecule has 0 heterocycles. The maximum Gasteiger partial charge on any atom is 0.329 e. The zero-order valence-electron chi connectivity index (χ0n) is 20.3. The van der Waals surface area contributed by atoms with E-state index in [1.807, 2.05) is 66.7 Å². The summed E-state index contributed by atoms with van der Waals surface area (Å²) in [6.45, 7) is 1.44. The molecule has 1 amide bonds. The highest BCUT2D eigenvalue weighted by Gasteiger charge is 2.40. The second-order valence-corrected chi connectivity index (χ2v) is 11.9. The summed E-state index contributed by atoms with van der Waals surface area (Å²) >= 11 is 0. The molecule has 0 spiro atoms. The van der Waals surface area contributed by atoms with Crippen molar-refractivity contribution in [2.24, 2.45) is 11.7 Å². The fourth-order valence-corrected chi connectivity index (χ4v) is 5.83. The highest BCUT2D eigenvalue weighted by Crippen LogP contribution is 2.47. The molecular formula is C28H33N2O5P. The molecule has 0 aliphatic heterocycles. The van der Waals surface area contributed by atoms with Crippen LogP contribution in [0.4, 0.5) is 0 Å². The van der Waals surface area contributed by atoms with Gasteiger partial charge in [0.05, 0.1) is 11.7 Å². The summed E-state index contributed by atoms with van der Waals surface area (Å²) in [6.07, 6.45) is 0.0749. The lowest BCUT2D eigenvalue weighted by molar-refractivity contribution is -0.147. The van der Waals surface area contributed by atoms with E-state index in [-0.39, 0.29) is 25.4 Å². The molecule has 3 aromatic rings. The van der Waals surface area contributed by atoms with E-state index in [2.05, 4.69) is 5.32 Å². The molecule has 36 heavy (non-hydrogen) atoms. The van der Waals surface area contributed by atoms with E-state index in [4.69, 9.17) is 5.73 Å². The third-order valence-corrected chi connectivity index (χ3v) is 8.44. The number of benzene rings is 3. The Balaban J connectivity index is 1.82. The summed E-state index contributed by atoms with van der Waals surface area (Å²) in [4.78, 5) is 36.6. The predicted molar refractivity (Wildman–Crippen MR) is 141 cm³/mol. The summed E-state index contributed by atoms with van der Waals surface area (Å²) < 4.78 is 13.3. The van der Waals surface area contributed by atoms with Gasteiger partial charge in [-0.2, -0.15) is 0 Å². The molecule has 0 radical (unpaired) electrons. The molecule has 3 aromatic carbocycles. The number of carbonyl (C=O) groups excluding carboxylic acids is 1. The Labute approximate surface area is 211 Å². The summed E-state index contributed by atoms with van der Waals surface area (Å²) in [7, 11) is -3.98. The maximum absolute atomic E-state index is 13.5. The molecule has 0 bridgehead atoms. The van der Waals surface area contributed by atoms with Crippen molar-refractivity contribution in [3.8, 4) is 0 Å². The van der Waals surface area contributed by atoms with Crippen LogP contribution in [0.25, 0.3) is 0 Å². The summed E-state index contributed by atoms with van der Waals surface area (Å²) in [5, 5.41) is 12.6. The normalized spacial score (nSPS) is 16.2. The van der Waals surface area contributed by atoms with Gasteiger partial charge in [-0.05, 0) is 36.5 Å². The monoisotopic (exact) mass is 508 g/mol. The molecule has 7 nitrogen and oxygen atoms in total. The van der Waals surface area contributed by atoms with E-state index in [0.717, 1.165) is 16.7 Å². The molecule has 0 aliphatic carbocycles. The van der Waals surface area contributed by atoms with Gasteiger partial charge in [0.2, 0.25) is 13.3 Å². The van der Waals surface area contributed by atoms with Gasteiger partial charge in [-0.15, -0.1) is 0 Å². The summed E-state index contributed by atoms with van der Waals surface area (Å²) in [5.41, 5.74) is 6.94. The second kappa shape index (κ2) is 12.1. The van der Waals surface area contributed by atoms with Crippen molar-refractivity contribution in [1.82, 2.24) is 5.32 Å². The number of amides is 1. The third-order valence-electron chi connectivity index (χ3n) is 6.26. The molecule has 1 unspecified atom stereocenters. The van der Waals surface area contributed by atoms with Crippen LogP contribution in [0.3, 0.4) is 0 Å². The number of carboxylic acids is 1. The fraction of sp³-hybridized carbons (Fsp3) is 0.286. The second-order valence-electron chi connectivity index (χ2n) is 9.37. The molecule has 5 N–H and O–H groups in total. The van der Waals surface area contributed by atoms with Crippen molar-refractivity contribution < 1.29 is 24.2 Å². The van der Waals surface area contributed by atoms with Crippen LogP contribution in [0.2, 0.25) is 0 Å². The minimum atomic E-state index is -3.98. The molecule has 4 atom stereocenters. The Hall–Kier alpha value is -3.25. The van der Waals surface area contributed by atoms with Gasteiger partial charge < -0.3 is 21.1 Å². The van der Waals surface area contributed by atoms with Gasteiger partial charge in [-0.3, -0.25) is 9.36 Å². The Morgan fingerprint density at radius 2 is 1.31 bits per heavy atom. The zero-order valence-corrected chi connectivity index (χ0v) is 21.2. The first-order valence-corrected chi connectivity index (χ1v) is 13.7. The predicted octanol–water partition coefficient (Wildman–Crippen LogP) is 3.85. The van der Waals surface area contributed by atoms with E-state index in [1.165, 1.54) is 6.92 Å². The van der Waals surface area contributed by atoms with E-state index in [9.17, 15) is 24.2 Å². The quantitative estimate of drug-likeness (QED) is 0.275. The van der Waals surface area contributed by atoms with Gasteiger partial charge in [-0.1, -0.05) is 91.0 Å². The molecule has 3 rings (SSSR count). The van der Waals surface area contributed by atoms with Crippen LogP contribution < -0.4 is 11.1 Å². The average molecular weight is 509 g/mol. The van der Waals surface area contributed by atoms with Crippen molar-refractivity contribution in [1.29, 1.82) is 0 Å². The number of hydrogen-bond acceptors (Lipinski definition) is 4. The molecule has 8 heteroatoms. The van der Waals surface area contributed by atoms with Crippen molar-refractivity contribution in [3.63, 3.8) is 0 Å². The van der Waals surface area contributed by atoms with Crippen LogP contribution in [-0.2, 0) is 33.4 Å². The molecule has 190 valence electrons. The van der Waals surface area contributed by atoms with Crippen LogP contribution in [0.1, 0.15) is 23.6 Å². The molecule has 0 fully saturated rings. The standard InChI is InChI=1S/C28H33N2O5P/c1-28(27(32)33,19-23-15-9-4-10-16-23)30-26(31)24(17-21-11-5-2-6-12-21)20-36(34,35)25(29)18-22-13-7-3-8-14-22/h2-16,24-25H,17-20,29H2,1H3,(H,30,31)(H,32,33)(H,34,35)/t24-,25-,28+/m1/s1. The van der Waals surface area contributed by atoms with Crippen LogP contribution in [-0.4, -0.2) is 39.4 Å². The van der Waals surface area contributed by atoms with Crippen molar-refractivity contribution >= 4 is 19.2 Å². The lowest BCUT2D eigenvalue weighted by Crippen LogP contribution is -2.56. The first kappa shape index (κ1) is 27.3. The van der Waals surface area contributed by atoms with Gasteiger partial charge in [0.25, 0.3) is 0 Å². The van der Waals surface area contributed by atoms with Crippen molar-refractivity contribution in [2.75, 3.05) is 6.16 Å². The Bertz CT molecular complexity index is 1190. The van der Waals surface area contributed by atoms with E-state index < -0.39 is 36.5 Å². The first-order valence-electron chi connectivity index (χ1n) is 11.8. The number of nitrogens with two attached hydrogens (primary N) is 1. The molecule has 0 aliphatic rings. The maximum atomic E-state index is 13.5. The number of carboxylic acid groups (broad SMARTS) is 1. The van der Waals surface area contributed by atoms with Gasteiger partial charge >= 0.3 is 5.97 Å². The minimum Gasteiger partial charge on any atom is -0.480 e.